The van der Waals surface area contributed by atoms with E-state index in [1.807, 2.05) is 6.26 Å². The highest BCUT2D eigenvalue weighted by atomic mass is 79.9. The molecule has 0 aliphatic carbocycles. The molecule has 0 saturated carbocycles. The highest BCUT2D eigenvalue weighted by Gasteiger charge is 2.15. The van der Waals surface area contributed by atoms with Gasteiger partial charge >= 0.3 is 5.97 Å². The third-order valence-corrected chi connectivity index (χ3v) is 3.53. The van der Waals surface area contributed by atoms with Gasteiger partial charge in [-0.25, -0.2) is 4.79 Å². The quantitative estimate of drug-likeness (QED) is 0.346. The van der Waals surface area contributed by atoms with Crippen LogP contribution in [0.15, 0.2) is 23.1 Å². The first kappa shape index (κ1) is 15.2. The van der Waals surface area contributed by atoms with Crippen molar-refractivity contribution in [3.63, 3.8) is 0 Å². The van der Waals surface area contributed by atoms with Gasteiger partial charge in [0.1, 0.15) is 0 Å². The first-order chi connectivity index (χ1) is 8.63. The molecule has 0 amide bonds. The molecule has 0 aliphatic rings. The van der Waals surface area contributed by atoms with E-state index in [-0.39, 0.29) is 11.8 Å². The molecule has 1 rings (SSSR count). The van der Waals surface area contributed by atoms with Gasteiger partial charge in [-0.3, -0.25) is 4.79 Å². The highest BCUT2D eigenvalue weighted by molar-refractivity contribution is 9.09. The first-order valence-corrected chi connectivity index (χ1v) is 7.93. The second-order valence-electron chi connectivity index (χ2n) is 3.50. The van der Waals surface area contributed by atoms with E-state index in [0.717, 1.165) is 4.90 Å². The Hall–Kier alpha value is -0.810. The van der Waals surface area contributed by atoms with Crippen LogP contribution in [0.2, 0.25) is 0 Å². The van der Waals surface area contributed by atoms with Crippen LogP contribution in [0.5, 0.6) is 0 Å². The maximum Gasteiger partial charge on any atom is 0.339 e. The zero-order valence-electron chi connectivity index (χ0n) is 10.4. The number of ether oxygens (including phenoxy) is 1. The monoisotopic (exact) mass is 330 g/mol. The van der Waals surface area contributed by atoms with E-state index in [1.54, 1.807) is 25.1 Å². The molecule has 0 saturated heterocycles. The fourth-order valence-corrected chi connectivity index (χ4v) is 2.41. The number of esters is 1. The van der Waals surface area contributed by atoms with Crippen molar-refractivity contribution in [2.75, 3.05) is 18.2 Å². The summed E-state index contributed by atoms with van der Waals surface area (Å²) in [5.74, 6) is -0.361. The Labute approximate surface area is 119 Å². The van der Waals surface area contributed by atoms with Crippen LogP contribution in [0.4, 0.5) is 0 Å². The topological polar surface area (TPSA) is 43.4 Å². The minimum absolute atomic E-state index is 0.0186. The third-order valence-electron chi connectivity index (χ3n) is 2.34. The van der Waals surface area contributed by atoms with Gasteiger partial charge in [-0.05, 0) is 25.3 Å². The standard InChI is InChI=1S/C13H15BrO3S/c1-3-17-13(16)10-8-9(11(15)6-7-14)4-5-12(10)18-2/h4-5,8H,3,6-7H2,1-2H3. The molecular formula is C13H15BrO3S. The van der Waals surface area contributed by atoms with Crippen molar-refractivity contribution in [2.45, 2.75) is 18.2 Å². The maximum atomic E-state index is 11.8. The number of rotatable bonds is 6. The minimum atomic E-state index is -0.379. The summed E-state index contributed by atoms with van der Waals surface area (Å²) in [6.07, 6.45) is 2.30. The number of halogens is 1. The number of hydrogen-bond donors (Lipinski definition) is 0. The van der Waals surface area contributed by atoms with Crippen molar-refractivity contribution in [1.29, 1.82) is 0 Å². The molecule has 0 heterocycles. The Balaban J connectivity index is 3.09. The minimum Gasteiger partial charge on any atom is -0.462 e. The Morgan fingerprint density at radius 1 is 1.39 bits per heavy atom. The van der Waals surface area contributed by atoms with Gasteiger partial charge in [0.25, 0.3) is 0 Å². The zero-order valence-corrected chi connectivity index (χ0v) is 12.8. The number of carbonyl (C=O) groups is 2. The molecule has 0 N–H and O–H groups in total. The number of carbonyl (C=O) groups excluding carboxylic acids is 2. The van der Waals surface area contributed by atoms with Crippen molar-refractivity contribution < 1.29 is 14.3 Å². The van der Waals surface area contributed by atoms with Crippen LogP contribution in [0.3, 0.4) is 0 Å². The van der Waals surface area contributed by atoms with Gasteiger partial charge in [0, 0.05) is 22.2 Å². The lowest BCUT2D eigenvalue weighted by molar-refractivity contribution is 0.0522. The molecule has 0 spiro atoms. The second-order valence-corrected chi connectivity index (χ2v) is 5.14. The van der Waals surface area contributed by atoms with Crippen molar-refractivity contribution in [2.24, 2.45) is 0 Å². The number of hydrogen-bond acceptors (Lipinski definition) is 4. The molecule has 18 heavy (non-hydrogen) atoms. The summed E-state index contributed by atoms with van der Waals surface area (Å²) in [5.41, 5.74) is 1.01. The number of thioether (sulfide) groups is 1. The summed E-state index contributed by atoms with van der Waals surface area (Å²) in [4.78, 5) is 24.4. The number of Topliss-reactive ketones (excluding diaryl/α,β-unsaturated/α-hetero) is 1. The molecule has 0 aliphatic heterocycles. The fraction of sp³-hybridized carbons (Fsp3) is 0.385. The molecule has 0 unspecified atom stereocenters. The van der Waals surface area contributed by atoms with Gasteiger partial charge in [0.2, 0.25) is 0 Å². The summed E-state index contributed by atoms with van der Waals surface area (Å²) in [7, 11) is 0. The van der Waals surface area contributed by atoms with Crippen molar-refractivity contribution >= 4 is 39.4 Å². The van der Waals surface area contributed by atoms with Gasteiger partial charge in [0.05, 0.1) is 12.2 Å². The van der Waals surface area contributed by atoms with Crippen molar-refractivity contribution in [1.82, 2.24) is 0 Å². The lowest BCUT2D eigenvalue weighted by atomic mass is 10.1. The van der Waals surface area contributed by atoms with Crippen LogP contribution in [0, 0.1) is 0 Å². The molecule has 0 aromatic heterocycles. The van der Waals surface area contributed by atoms with Crippen molar-refractivity contribution in [3.05, 3.63) is 29.3 Å². The number of alkyl halides is 1. The van der Waals surface area contributed by atoms with Gasteiger partial charge < -0.3 is 4.74 Å². The van der Waals surface area contributed by atoms with E-state index >= 15 is 0 Å². The fourth-order valence-electron chi connectivity index (χ4n) is 1.48. The van der Waals surface area contributed by atoms with E-state index < -0.39 is 0 Å². The summed E-state index contributed by atoms with van der Waals surface area (Å²) >= 11 is 4.69. The molecular weight excluding hydrogens is 316 g/mol. The van der Waals surface area contributed by atoms with Crippen LogP contribution in [-0.4, -0.2) is 29.9 Å². The molecule has 0 atom stereocenters. The largest absolute Gasteiger partial charge is 0.462 e. The predicted octanol–water partition coefficient (Wildman–Crippen LogP) is 3.55. The average molecular weight is 331 g/mol. The molecule has 3 nitrogen and oxygen atoms in total. The average Bonchev–Trinajstić information content (AvgIpc) is 2.38. The van der Waals surface area contributed by atoms with Crippen LogP contribution in [-0.2, 0) is 4.74 Å². The number of ketones is 1. The smallest absolute Gasteiger partial charge is 0.339 e. The van der Waals surface area contributed by atoms with E-state index in [4.69, 9.17) is 4.74 Å². The zero-order chi connectivity index (χ0) is 13.5. The lowest BCUT2D eigenvalue weighted by Gasteiger charge is -2.08. The molecule has 1 aromatic carbocycles. The van der Waals surface area contributed by atoms with E-state index in [9.17, 15) is 9.59 Å². The maximum absolute atomic E-state index is 11.8. The Morgan fingerprint density at radius 3 is 2.67 bits per heavy atom. The Bertz CT molecular complexity index is 446. The van der Waals surface area contributed by atoms with Crippen LogP contribution < -0.4 is 0 Å². The third kappa shape index (κ3) is 3.85. The highest BCUT2D eigenvalue weighted by Crippen LogP contribution is 2.23. The number of benzene rings is 1. The normalized spacial score (nSPS) is 10.2. The molecule has 5 heteroatoms. The molecule has 98 valence electrons. The summed E-state index contributed by atoms with van der Waals surface area (Å²) < 4.78 is 4.99. The molecule has 0 bridgehead atoms. The van der Waals surface area contributed by atoms with E-state index in [2.05, 4.69) is 15.9 Å². The van der Waals surface area contributed by atoms with Gasteiger partial charge in [-0.1, -0.05) is 22.0 Å². The predicted molar refractivity (Wildman–Crippen MR) is 76.9 cm³/mol. The molecule has 0 radical (unpaired) electrons. The first-order valence-electron chi connectivity index (χ1n) is 5.58. The summed E-state index contributed by atoms with van der Waals surface area (Å²) in [6.45, 7) is 2.09. The second kappa shape index (κ2) is 7.59. The van der Waals surface area contributed by atoms with Gasteiger partial charge in [-0.2, -0.15) is 0 Å². The van der Waals surface area contributed by atoms with E-state index in [1.165, 1.54) is 11.8 Å². The Kier molecular flexibility index (Phi) is 6.43. The van der Waals surface area contributed by atoms with Crippen molar-refractivity contribution in [3.8, 4) is 0 Å². The van der Waals surface area contributed by atoms with Crippen LogP contribution >= 0.6 is 27.7 Å². The Morgan fingerprint density at radius 2 is 2.11 bits per heavy atom. The summed E-state index contributed by atoms with van der Waals surface area (Å²) in [6, 6.07) is 5.16. The SMILES string of the molecule is CCOC(=O)c1cc(C(=O)CCBr)ccc1SC. The summed E-state index contributed by atoms with van der Waals surface area (Å²) in [5, 5.41) is 0.616. The lowest BCUT2D eigenvalue weighted by Crippen LogP contribution is -2.08. The molecule has 1 aromatic rings. The van der Waals surface area contributed by atoms with Crippen LogP contribution in [0.25, 0.3) is 0 Å². The van der Waals surface area contributed by atoms with E-state index in [0.29, 0.717) is 29.5 Å². The molecule has 0 fully saturated rings. The van der Waals surface area contributed by atoms with Gasteiger partial charge in [0.15, 0.2) is 5.78 Å². The van der Waals surface area contributed by atoms with Gasteiger partial charge in [-0.15, -0.1) is 11.8 Å². The van der Waals surface area contributed by atoms with Crippen LogP contribution in [0.1, 0.15) is 34.1 Å².